The molecule has 0 unspecified atom stereocenters. The first-order valence-corrected chi connectivity index (χ1v) is 8.30. The van der Waals surface area contributed by atoms with E-state index in [1.54, 1.807) is 18.4 Å². The molecule has 2 aromatic rings. The summed E-state index contributed by atoms with van der Waals surface area (Å²) < 4.78 is 5.45. The summed E-state index contributed by atoms with van der Waals surface area (Å²) in [6.07, 6.45) is 2.56. The van der Waals surface area contributed by atoms with Gasteiger partial charge in [-0.2, -0.15) is 5.10 Å². The van der Waals surface area contributed by atoms with Gasteiger partial charge in [-0.1, -0.05) is 31.2 Å². The maximum Gasteiger partial charge on any atom is 0.243 e. The summed E-state index contributed by atoms with van der Waals surface area (Å²) in [6.45, 7) is 2.09. The van der Waals surface area contributed by atoms with E-state index < -0.39 is 5.97 Å². The fourth-order valence-electron chi connectivity index (χ4n) is 2.87. The average molecular weight is 339 g/mol. The molecule has 1 aromatic heterocycles. The Labute approximate surface area is 145 Å². The predicted octanol–water partition coefficient (Wildman–Crippen LogP) is 2.05. The highest BCUT2D eigenvalue weighted by atomic mass is 16.4. The van der Waals surface area contributed by atoms with Crippen molar-refractivity contribution < 1.29 is 19.1 Å². The van der Waals surface area contributed by atoms with Crippen LogP contribution in [-0.4, -0.2) is 22.6 Å². The van der Waals surface area contributed by atoms with Crippen LogP contribution >= 0.6 is 0 Å². The number of carbonyl (C=O) groups is 2. The van der Waals surface area contributed by atoms with E-state index in [9.17, 15) is 14.7 Å². The van der Waals surface area contributed by atoms with Gasteiger partial charge in [0.05, 0.1) is 12.0 Å². The third-order valence-electron chi connectivity index (χ3n) is 4.28. The van der Waals surface area contributed by atoms with Gasteiger partial charge >= 0.3 is 0 Å². The maximum absolute atomic E-state index is 12.4. The van der Waals surface area contributed by atoms with E-state index in [2.05, 4.69) is 12.0 Å². The molecule has 1 aliphatic heterocycles. The Morgan fingerprint density at radius 2 is 2.00 bits per heavy atom. The van der Waals surface area contributed by atoms with Gasteiger partial charge in [0.1, 0.15) is 11.8 Å². The van der Waals surface area contributed by atoms with Crippen LogP contribution in [-0.2, 0) is 16.0 Å². The van der Waals surface area contributed by atoms with Crippen LogP contribution in [0, 0.1) is 0 Å². The van der Waals surface area contributed by atoms with E-state index in [1.165, 1.54) is 10.6 Å². The molecule has 0 radical (unpaired) electrons. The first kappa shape index (κ1) is 17.0. The second-order valence-corrected chi connectivity index (χ2v) is 5.94. The first-order chi connectivity index (χ1) is 12.1. The molecule has 2 heterocycles. The summed E-state index contributed by atoms with van der Waals surface area (Å²) in [7, 11) is 0. The molecular formula is C19H19N2O4-. The van der Waals surface area contributed by atoms with E-state index in [4.69, 9.17) is 4.42 Å². The number of hydrazone groups is 1. The number of amides is 1. The molecule has 6 nitrogen and oxygen atoms in total. The van der Waals surface area contributed by atoms with Crippen LogP contribution in [0.25, 0.3) is 0 Å². The van der Waals surface area contributed by atoms with E-state index in [-0.39, 0.29) is 24.8 Å². The zero-order chi connectivity index (χ0) is 17.8. The van der Waals surface area contributed by atoms with Gasteiger partial charge in [-0.3, -0.25) is 4.79 Å². The van der Waals surface area contributed by atoms with Crippen LogP contribution < -0.4 is 5.11 Å². The second-order valence-electron chi connectivity index (χ2n) is 5.94. The summed E-state index contributed by atoms with van der Waals surface area (Å²) in [5, 5.41) is 16.4. The molecule has 25 heavy (non-hydrogen) atoms. The lowest BCUT2D eigenvalue weighted by Gasteiger charge is -2.19. The Morgan fingerprint density at radius 1 is 1.24 bits per heavy atom. The quantitative estimate of drug-likeness (QED) is 0.806. The van der Waals surface area contributed by atoms with E-state index >= 15 is 0 Å². The topological polar surface area (TPSA) is 85.9 Å². The fourth-order valence-corrected chi connectivity index (χ4v) is 2.87. The standard InChI is InChI=1S/C19H20N2O4/c1-2-13-5-7-14(8-6-13)15-12-16(17-4-3-11-25-17)21(20-15)18(22)9-10-19(23)24/h3-8,11,16H,2,9-10,12H2,1H3,(H,23,24)/p-1/t16-/m0/s1. The number of carboxylic acid groups (broad SMARTS) is 1. The molecule has 1 amide bonds. The van der Waals surface area contributed by atoms with Crippen LogP contribution in [0.15, 0.2) is 52.2 Å². The minimum absolute atomic E-state index is 0.148. The van der Waals surface area contributed by atoms with Crippen molar-refractivity contribution >= 4 is 17.6 Å². The summed E-state index contributed by atoms with van der Waals surface area (Å²) in [4.78, 5) is 23.1. The normalized spacial score (nSPS) is 16.8. The van der Waals surface area contributed by atoms with Crippen molar-refractivity contribution in [1.29, 1.82) is 0 Å². The number of hydrogen-bond donors (Lipinski definition) is 0. The molecule has 1 atom stereocenters. The zero-order valence-corrected chi connectivity index (χ0v) is 14.0. The SMILES string of the molecule is CCc1ccc(C2=NN(C(=O)CCC(=O)[O-])[C@H](c3ccco3)C2)cc1. The largest absolute Gasteiger partial charge is 0.550 e. The highest BCUT2D eigenvalue weighted by Gasteiger charge is 2.34. The number of rotatable bonds is 6. The molecule has 0 saturated heterocycles. The molecule has 0 bridgehead atoms. The minimum atomic E-state index is -1.25. The van der Waals surface area contributed by atoms with E-state index in [0.29, 0.717) is 12.2 Å². The molecule has 0 spiro atoms. The Bertz CT molecular complexity index is 778. The molecule has 1 aliphatic rings. The van der Waals surface area contributed by atoms with Crippen molar-refractivity contribution in [3.05, 3.63) is 59.5 Å². The monoisotopic (exact) mass is 339 g/mol. The lowest BCUT2D eigenvalue weighted by molar-refractivity contribution is -0.305. The molecule has 1 aromatic carbocycles. The lowest BCUT2D eigenvalue weighted by Crippen LogP contribution is -2.29. The van der Waals surface area contributed by atoms with Crippen LogP contribution in [0.2, 0.25) is 0 Å². The van der Waals surface area contributed by atoms with Crippen LogP contribution in [0.4, 0.5) is 0 Å². The molecule has 130 valence electrons. The Kier molecular flexibility index (Phi) is 4.97. The van der Waals surface area contributed by atoms with Gasteiger partial charge in [-0.15, -0.1) is 0 Å². The van der Waals surface area contributed by atoms with Gasteiger partial charge < -0.3 is 14.3 Å². The number of benzene rings is 1. The number of carboxylic acids is 1. The third kappa shape index (κ3) is 3.79. The molecule has 0 N–H and O–H groups in total. The number of aryl methyl sites for hydroxylation is 1. The number of hydrogen-bond acceptors (Lipinski definition) is 5. The maximum atomic E-state index is 12.4. The van der Waals surface area contributed by atoms with Crippen LogP contribution in [0.5, 0.6) is 0 Å². The van der Waals surface area contributed by atoms with E-state index in [1.807, 2.05) is 24.3 Å². The van der Waals surface area contributed by atoms with Gasteiger partial charge in [0, 0.05) is 18.8 Å². The minimum Gasteiger partial charge on any atom is -0.550 e. The van der Waals surface area contributed by atoms with Crippen LogP contribution in [0.1, 0.15) is 49.1 Å². The molecular weight excluding hydrogens is 320 g/mol. The third-order valence-corrected chi connectivity index (χ3v) is 4.28. The van der Waals surface area contributed by atoms with Gasteiger partial charge in [-0.25, -0.2) is 5.01 Å². The lowest BCUT2D eigenvalue weighted by atomic mass is 10.0. The van der Waals surface area contributed by atoms with Crippen molar-refractivity contribution in [1.82, 2.24) is 5.01 Å². The highest BCUT2D eigenvalue weighted by molar-refractivity contribution is 6.03. The average Bonchev–Trinajstić information content (AvgIpc) is 3.29. The number of nitrogens with zero attached hydrogens (tertiary/aromatic N) is 2. The Hall–Kier alpha value is -2.89. The molecule has 3 rings (SSSR count). The van der Waals surface area contributed by atoms with Crippen molar-refractivity contribution in [3.8, 4) is 0 Å². The second kappa shape index (κ2) is 7.34. The number of carbonyl (C=O) groups excluding carboxylic acids is 2. The van der Waals surface area contributed by atoms with E-state index in [0.717, 1.165) is 17.7 Å². The van der Waals surface area contributed by atoms with Crippen molar-refractivity contribution in [2.24, 2.45) is 5.10 Å². The molecule has 6 heteroatoms. The number of aliphatic carboxylic acids is 1. The Morgan fingerprint density at radius 3 is 2.60 bits per heavy atom. The summed E-state index contributed by atoms with van der Waals surface area (Å²) in [5.74, 6) is -0.974. The fraction of sp³-hybridized carbons (Fsp3) is 0.316. The Balaban J connectivity index is 1.85. The van der Waals surface area contributed by atoms with Gasteiger partial charge in [0.2, 0.25) is 5.91 Å². The summed E-state index contributed by atoms with van der Waals surface area (Å²) in [6, 6.07) is 11.3. The first-order valence-electron chi connectivity index (χ1n) is 8.30. The van der Waals surface area contributed by atoms with Gasteiger partial charge in [0.15, 0.2) is 0 Å². The predicted molar refractivity (Wildman–Crippen MR) is 89.5 cm³/mol. The van der Waals surface area contributed by atoms with Crippen molar-refractivity contribution in [2.75, 3.05) is 0 Å². The van der Waals surface area contributed by atoms with Gasteiger partial charge in [-0.05, 0) is 36.1 Å². The molecule has 0 aliphatic carbocycles. The number of furan rings is 1. The summed E-state index contributed by atoms with van der Waals surface area (Å²) >= 11 is 0. The zero-order valence-electron chi connectivity index (χ0n) is 14.0. The summed E-state index contributed by atoms with van der Waals surface area (Å²) in [5.41, 5.74) is 2.96. The van der Waals surface area contributed by atoms with Crippen molar-refractivity contribution in [2.45, 2.75) is 38.6 Å². The van der Waals surface area contributed by atoms with Gasteiger partial charge in [0.25, 0.3) is 0 Å². The smallest absolute Gasteiger partial charge is 0.243 e. The highest BCUT2D eigenvalue weighted by Crippen LogP contribution is 2.33. The molecule has 0 fully saturated rings. The van der Waals surface area contributed by atoms with Crippen LogP contribution in [0.3, 0.4) is 0 Å². The van der Waals surface area contributed by atoms with Crippen molar-refractivity contribution in [3.63, 3.8) is 0 Å². The molecule has 0 saturated carbocycles.